The average molecular weight is 434 g/mol. The summed E-state index contributed by atoms with van der Waals surface area (Å²) < 4.78 is 27.9. The Kier molecular flexibility index (Phi) is 6.16. The number of amides is 2. The highest BCUT2D eigenvalue weighted by atomic mass is 32.2. The summed E-state index contributed by atoms with van der Waals surface area (Å²) in [4.78, 5) is 28.8. The minimum absolute atomic E-state index is 0.0169. The van der Waals surface area contributed by atoms with Gasteiger partial charge in [-0.1, -0.05) is 6.42 Å². The Hall–Kier alpha value is -1.93. The number of carbonyl (C=O) groups excluding carboxylic acids is 2. The van der Waals surface area contributed by atoms with E-state index in [0.717, 1.165) is 56.4 Å². The fourth-order valence-electron chi connectivity index (χ4n) is 4.84. The van der Waals surface area contributed by atoms with Crippen LogP contribution in [0, 0.1) is 0 Å². The molecule has 0 unspecified atom stereocenters. The van der Waals surface area contributed by atoms with Gasteiger partial charge in [-0.25, -0.2) is 8.42 Å². The van der Waals surface area contributed by atoms with Gasteiger partial charge in [0.15, 0.2) is 0 Å². The maximum atomic E-state index is 13.1. The maximum absolute atomic E-state index is 13.1. The Morgan fingerprint density at radius 1 is 0.967 bits per heavy atom. The first-order valence-corrected chi connectivity index (χ1v) is 12.5. The molecule has 2 fully saturated rings. The molecule has 8 heteroatoms. The van der Waals surface area contributed by atoms with E-state index in [0.29, 0.717) is 24.4 Å². The molecule has 7 nitrogen and oxygen atoms in total. The smallest absolute Gasteiger partial charge is 0.243 e. The van der Waals surface area contributed by atoms with Crippen LogP contribution in [-0.4, -0.2) is 61.7 Å². The molecule has 2 saturated heterocycles. The number of hydrogen-bond acceptors (Lipinski definition) is 4. The Labute approximate surface area is 179 Å². The largest absolute Gasteiger partial charge is 0.343 e. The van der Waals surface area contributed by atoms with Gasteiger partial charge >= 0.3 is 0 Å². The second kappa shape index (κ2) is 8.67. The summed E-state index contributed by atoms with van der Waals surface area (Å²) >= 11 is 0. The highest BCUT2D eigenvalue weighted by Crippen LogP contribution is 2.33. The van der Waals surface area contributed by atoms with Crippen LogP contribution < -0.4 is 4.90 Å². The molecule has 0 N–H and O–H groups in total. The van der Waals surface area contributed by atoms with Crippen molar-refractivity contribution in [3.8, 4) is 0 Å². The normalized spacial score (nSPS) is 22.4. The SMILES string of the molecule is C[C@@H]1CCCCN1S(=O)(=O)c1ccc2c(c1)CCN2C(=O)CCC(=O)N1CCCC1. The lowest BCUT2D eigenvalue weighted by Gasteiger charge is -2.32. The number of carbonyl (C=O) groups is 2. The molecule has 0 saturated carbocycles. The predicted octanol–water partition coefficient (Wildman–Crippen LogP) is 2.54. The first-order valence-electron chi connectivity index (χ1n) is 11.1. The standard InChI is InChI=1S/C22H31N3O4S/c1-17-6-2-3-14-25(17)30(28,29)19-7-8-20-18(16-19)11-15-24(20)22(27)10-9-21(26)23-12-4-5-13-23/h7-8,16-17H,2-6,9-15H2,1H3/t17-/m1/s1. The van der Waals surface area contributed by atoms with E-state index < -0.39 is 10.0 Å². The van der Waals surface area contributed by atoms with E-state index in [1.54, 1.807) is 27.4 Å². The molecule has 0 radical (unpaired) electrons. The van der Waals surface area contributed by atoms with Crippen LogP contribution in [0.5, 0.6) is 0 Å². The number of hydrogen-bond donors (Lipinski definition) is 0. The Morgan fingerprint density at radius 3 is 2.40 bits per heavy atom. The van der Waals surface area contributed by atoms with Gasteiger partial charge in [-0.3, -0.25) is 9.59 Å². The van der Waals surface area contributed by atoms with E-state index in [4.69, 9.17) is 0 Å². The molecule has 0 aliphatic carbocycles. The summed E-state index contributed by atoms with van der Waals surface area (Å²) in [7, 11) is -3.52. The van der Waals surface area contributed by atoms with Gasteiger partial charge < -0.3 is 9.80 Å². The van der Waals surface area contributed by atoms with E-state index in [1.165, 1.54) is 0 Å². The summed E-state index contributed by atoms with van der Waals surface area (Å²) in [6.45, 7) is 4.67. The highest BCUT2D eigenvalue weighted by Gasteiger charge is 2.33. The van der Waals surface area contributed by atoms with Crippen LogP contribution in [0.15, 0.2) is 23.1 Å². The molecule has 1 atom stereocenters. The van der Waals surface area contributed by atoms with Crippen LogP contribution in [0.2, 0.25) is 0 Å². The van der Waals surface area contributed by atoms with E-state index in [1.807, 2.05) is 11.8 Å². The molecule has 3 heterocycles. The number of fused-ring (bicyclic) bond motifs is 1. The molecule has 3 aliphatic rings. The third kappa shape index (κ3) is 4.12. The molecule has 1 aromatic carbocycles. The van der Waals surface area contributed by atoms with Crippen molar-refractivity contribution in [2.45, 2.75) is 69.2 Å². The third-order valence-corrected chi connectivity index (χ3v) is 8.62. The van der Waals surface area contributed by atoms with Gasteiger partial charge in [-0.15, -0.1) is 0 Å². The molecule has 30 heavy (non-hydrogen) atoms. The van der Waals surface area contributed by atoms with Gasteiger partial charge in [-0.05, 0) is 62.8 Å². The van der Waals surface area contributed by atoms with Crippen LogP contribution in [0.25, 0.3) is 0 Å². The lowest BCUT2D eigenvalue weighted by Crippen LogP contribution is -2.41. The van der Waals surface area contributed by atoms with Gasteiger partial charge in [0.2, 0.25) is 21.8 Å². The van der Waals surface area contributed by atoms with E-state index in [9.17, 15) is 18.0 Å². The number of nitrogens with zero attached hydrogens (tertiary/aromatic N) is 3. The van der Waals surface area contributed by atoms with Gasteiger partial charge in [-0.2, -0.15) is 4.31 Å². The lowest BCUT2D eigenvalue weighted by molar-refractivity contribution is -0.132. The van der Waals surface area contributed by atoms with Crippen molar-refractivity contribution in [1.29, 1.82) is 0 Å². The number of benzene rings is 1. The first kappa shape index (κ1) is 21.3. The van der Waals surface area contributed by atoms with Crippen molar-refractivity contribution in [2.75, 3.05) is 31.1 Å². The summed E-state index contributed by atoms with van der Waals surface area (Å²) in [5, 5.41) is 0. The zero-order valence-corrected chi connectivity index (χ0v) is 18.5. The van der Waals surface area contributed by atoms with Crippen LogP contribution in [0.1, 0.15) is 57.4 Å². The first-order chi connectivity index (χ1) is 14.4. The summed E-state index contributed by atoms with van der Waals surface area (Å²) in [6, 6.07) is 5.12. The summed E-state index contributed by atoms with van der Waals surface area (Å²) in [5.41, 5.74) is 1.67. The highest BCUT2D eigenvalue weighted by molar-refractivity contribution is 7.89. The quantitative estimate of drug-likeness (QED) is 0.715. The minimum atomic E-state index is -3.52. The molecule has 0 spiro atoms. The summed E-state index contributed by atoms with van der Waals surface area (Å²) in [6.07, 6.45) is 6.01. The van der Waals surface area contributed by atoms with Crippen molar-refractivity contribution < 1.29 is 18.0 Å². The number of sulfonamides is 1. The number of anilines is 1. The van der Waals surface area contributed by atoms with Crippen molar-refractivity contribution in [2.24, 2.45) is 0 Å². The van der Waals surface area contributed by atoms with E-state index in [2.05, 4.69) is 0 Å². The van der Waals surface area contributed by atoms with Crippen LogP contribution in [0.3, 0.4) is 0 Å². The number of likely N-dealkylation sites (tertiary alicyclic amines) is 1. The molecule has 164 valence electrons. The molecule has 1 aromatic rings. The van der Waals surface area contributed by atoms with Crippen molar-refractivity contribution in [3.63, 3.8) is 0 Å². The predicted molar refractivity (Wildman–Crippen MR) is 115 cm³/mol. The monoisotopic (exact) mass is 433 g/mol. The number of piperidine rings is 1. The average Bonchev–Trinajstić information content (AvgIpc) is 3.41. The van der Waals surface area contributed by atoms with Crippen LogP contribution in [-0.2, 0) is 26.0 Å². The molecular formula is C22H31N3O4S. The Balaban J connectivity index is 1.44. The second-order valence-electron chi connectivity index (χ2n) is 8.63. The molecule has 3 aliphatic heterocycles. The van der Waals surface area contributed by atoms with E-state index >= 15 is 0 Å². The molecule has 0 bridgehead atoms. The van der Waals surface area contributed by atoms with Gasteiger partial charge in [0.25, 0.3) is 0 Å². The topological polar surface area (TPSA) is 78.0 Å². The van der Waals surface area contributed by atoms with Crippen molar-refractivity contribution in [1.82, 2.24) is 9.21 Å². The second-order valence-corrected chi connectivity index (χ2v) is 10.5. The van der Waals surface area contributed by atoms with Gasteiger partial charge in [0.05, 0.1) is 4.90 Å². The van der Waals surface area contributed by atoms with Gasteiger partial charge in [0, 0.05) is 50.7 Å². The Morgan fingerprint density at radius 2 is 1.67 bits per heavy atom. The van der Waals surface area contributed by atoms with Crippen molar-refractivity contribution in [3.05, 3.63) is 23.8 Å². The molecule has 2 amide bonds. The zero-order chi connectivity index (χ0) is 21.3. The van der Waals surface area contributed by atoms with Crippen LogP contribution >= 0.6 is 0 Å². The fourth-order valence-corrected chi connectivity index (χ4v) is 6.59. The fraction of sp³-hybridized carbons (Fsp3) is 0.636. The van der Waals surface area contributed by atoms with E-state index in [-0.39, 0.29) is 30.7 Å². The molecule has 4 rings (SSSR count). The maximum Gasteiger partial charge on any atom is 0.243 e. The summed E-state index contributed by atoms with van der Waals surface area (Å²) in [5.74, 6) is -0.0149. The number of rotatable bonds is 5. The molecular weight excluding hydrogens is 402 g/mol. The Bertz CT molecular complexity index is 924. The van der Waals surface area contributed by atoms with Crippen LogP contribution in [0.4, 0.5) is 5.69 Å². The van der Waals surface area contributed by atoms with Gasteiger partial charge in [0.1, 0.15) is 0 Å². The third-order valence-electron chi connectivity index (χ3n) is 6.61. The lowest BCUT2D eigenvalue weighted by atomic mass is 10.1. The zero-order valence-electron chi connectivity index (χ0n) is 17.7. The minimum Gasteiger partial charge on any atom is -0.343 e. The molecule has 0 aromatic heterocycles. The van der Waals surface area contributed by atoms with Crippen molar-refractivity contribution >= 4 is 27.5 Å².